The van der Waals surface area contributed by atoms with E-state index in [0.717, 1.165) is 0 Å². The van der Waals surface area contributed by atoms with E-state index in [1.54, 1.807) is 37.3 Å². The molecule has 2 rings (SSSR count). The van der Waals surface area contributed by atoms with Crippen LogP contribution in [-0.2, 0) is 4.79 Å². The van der Waals surface area contributed by atoms with Crippen molar-refractivity contribution in [2.24, 2.45) is 0 Å². The Morgan fingerprint density at radius 2 is 1.91 bits per heavy atom. The summed E-state index contributed by atoms with van der Waals surface area (Å²) in [5.41, 5.74) is 0.855. The second-order valence-electron chi connectivity index (χ2n) is 4.53. The fourth-order valence-electron chi connectivity index (χ4n) is 1.88. The molecule has 0 aromatic heterocycles. The van der Waals surface area contributed by atoms with Crippen molar-refractivity contribution in [2.75, 3.05) is 11.9 Å². The fraction of sp³-hybridized carbons (Fsp3) is 0.125. The molecule has 0 fully saturated rings. The number of aromatic carboxylic acids is 1. The number of para-hydroxylation sites is 1. The lowest BCUT2D eigenvalue weighted by Gasteiger charge is -2.13. The van der Waals surface area contributed by atoms with Gasteiger partial charge in [0.25, 0.3) is 5.91 Å². The lowest BCUT2D eigenvalue weighted by atomic mass is 10.1. The molecule has 0 saturated carbocycles. The summed E-state index contributed by atoms with van der Waals surface area (Å²) in [5, 5.41) is 13.9. The van der Waals surface area contributed by atoms with Crippen LogP contribution in [0.3, 0.4) is 0 Å². The van der Waals surface area contributed by atoms with E-state index < -0.39 is 11.9 Å². The van der Waals surface area contributed by atoms with Crippen molar-refractivity contribution in [3.8, 4) is 5.75 Å². The van der Waals surface area contributed by atoms with Gasteiger partial charge in [0.2, 0.25) is 0 Å². The molecule has 2 aromatic carbocycles. The van der Waals surface area contributed by atoms with Gasteiger partial charge in [-0.3, -0.25) is 4.79 Å². The highest BCUT2D eigenvalue weighted by atomic mass is 35.5. The second kappa shape index (κ2) is 6.95. The first kappa shape index (κ1) is 15.9. The summed E-state index contributed by atoms with van der Waals surface area (Å²) in [6.07, 6.45) is 0. The molecule has 0 heterocycles. The zero-order valence-corrected chi connectivity index (χ0v) is 12.5. The van der Waals surface area contributed by atoms with Gasteiger partial charge in [-0.25, -0.2) is 0 Å². The Kier molecular flexibility index (Phi) is 5.01. The molecular weight excluding hydrogens is 306 g/mol. The topological polar surface area (TPSA) is 78.5 Å². The minimum absolute atomic E-state index is 0.0322. The lowest BCUT2D eigenvalue weighted by Crippen LogP contribution is -2.25. The summed E-state index contributed by atoms with van der Waals surface area (Å²) in [6, 6.07) is 11.4. The number of benzene rings is 2. The molecule has 2 aromatic rings. The van der Waals surface area contributed by atoms with Crippen LogP contribution in [-0.4, -0.2) is 18.5 Å². The zero-order valence-electron chi connectivity index (χ0n) is 11.8. The van der Waals surface area contributed by atoms with Gasteiger partial charge in [0.05, 0.1) is 11.0 Å². The molecule has 0 saturated heterocycles. The monoisotopic (exact) mass is 318 g/mol. The molecule has 1 amide bonds. The molecule has 0 unspecified atom stereocenters. The minimum Gasteiger partial charge on any atom is -0.545 e. The summed E-state index contributed by atoms with van der Waals surface area (Å²) in [4.78, 5) is 22.8. The van der Waals surface area contributed by atoms with Crippen LogP contribution >= 0.6 is 11.6 Å². The van der Waals surface area contributed by atoms with Crippen molar-refractivity contribution in [3.05, 3.63) is 58.6 Å². The van der Waals surface area contributed by atoms with Crippen LogP contribution in [0.2, 0.25) is 5.02 Å². The van der Waals surface area contributed by atoms with Crippen LogP contribution < -0.4 is 15.2 Å². The third-order valence-corrected chi connectivity index (χ3v) is 3.34. The van der Waals surface area contributed by atoms with Crippen LogP contribution in [0.4, 0.5) is 5.69 Å². The van der Waals surface area contributed by atoms with E-state index in [2.05, 4.69) is 5.32 Å². The zero-order chi connectivity index (χ0) is 16.1. The van der Waals surface area contributed by atoms with E-state index in [9.17, 15) is 14.7 Å². The summed E-state index contributed by atoms with van der Waals surface area (Å²) in [7, 11) is 0. The summed E-state index contributed by atoms with van der Waals surface area (Å²) in [5.74, 6) is -1.31. The Balaban J connectivity index is 2.02. The van der Waals surface area contributed by atoms with Crippen LogP contribution in [0.5, 0.6) is 5.75 Å². The van der Waals surface area contributed by atoms with E-state index in [4.69, 9.17) is 16.3 Å². The smallest absolute Gasteiger partial charge is 0.262 e. The average Bonchev–Trinajstić information content (AvgIpc) is 2.48. The highest BCUT2D eigenvalue weighted by molar-refractivity contribution is 6.32. The summed E-state index contributed by atoms with van der Waals surface area (Å²) in [6.45, 7) is 1.36. The maximum atomic E-state index is 11.9. The molecule has 0 atom stereocenters. The molecule has 6 heteroatoms. The van der Waals surface area contributed by atoms with E-state index in [0.29, 0.717) is 22.0 Å². The second-order valence-corrected chi connectivity index (χ2v) is 4.94. The van der Waals surface area contributed by atoms with Crippen LogP contribution in [0.15, 0.2) is 42.5 Å². The molecule has 114 valence electrons. The number of amides is 1. The van der Waals surface area contributed by atoms with Gasteiger partial charge in [0, 0.05) is 11.3 Å². The van der Waals surface area contributed by atoms with Gasteiger partial charge < -0.3 is 20.0 Å². The number of hydrogen-bond donors (Lipinski definition) is 1. The number of anilines is 1. The highest BCUT2D eigenvalue weighted by Gasteiger charge is 2.09. The maximum Gasteiger partial charge on any atom is 0.262 e. The minimum atomic E-state index is -1.29. The van der Waals surface area contributed by atoms with Crippen molar-refractivity contribution in [1.29, 1.82) is 0 Å². The van der Waals surface area contributed by atoms with Crippen molar-refractivity contribution in [3.63, 3.8) is 0 Å². The van der Waals surface area contributed by atoms with Gasteiger partial charge in [-0.2, -0.15) is 0 Å². The number of carboxylic acid groups (broad SMARTS) is 1. The molecule has 0 aliphatic heterocycles. The standard InChI is InChI=1S/C16H14ClNO4/c1-10-11(16(20)21)5-4-7-13(10)18-15(19)9-22-14-8-3-2-6-12(14)17/h2-8H,9H2,1H3,(H,18,19)(H,20,21)/p-1. The maximum absolute atomic E-state index is 11.9. The van der Waals surface area contributed by atoms with Crippen LogP contribution in [0.25, 0.3) is 0 Å². The number of carbonyl (C=O) groups excluding carboxylic acids is 2. The summed E-state index contributed by atoms with van der Waals surface area (Å²) >= 11 is 5.92. The third-order valence-electron chi connectivity index (χ3n) is 3.02. The normalized spacial score (nSPS) is 10.1. The van der Waals surface area contributed by atoms with E-state index in [-0.39, 0.29) is 12.2 Å². The average molecular weight is 319 g/mol. The van der Waals surface area contributed by atoms with Gasteiger partial charge in [0.1, 0.15) is 5.75 Å². The third kappa shape index (κ3) is 3.77. The SMILES string of the molecule is Cc1c(NC(=O)COc2ccccc2Cl)cccc1C(=O)[O-]. The number of ether oxygens (including phenoxy) is 1. The van der Waals surface area contributed by atoms with Gasteiger partial charge in [0.15, 0.2) is 6.61 Å². The molecule has 0 aliphatic carbocycles. The van der Waals surface area contributed by atoms with Crippen molar-refractivity contribution in [1.82, 2.24) is 0 Å². The highest BCUT2D eigenvalue weighted by Crippen LogP contribution is 2.23. The fourth-order valence-corrected chi connectivity index (χ4v) is 2.07. The van der Waals surface area contributed by atoms with Crippen LogP contribution in [0.1, 0.15) is 15.9 Å². The first-order valence-corrected chi connectivity index (χ1v) is 6.85. The molecule has 1 N–H and O–H groups in total. The number of carboxylic acids is 1. The van der Waals surface area contributed by atoms with Crippen molar-refractivity contribution in [2.45, 2.75) is 6.92 Å². The van der Waals surface area contributed by atoms with E-state index in [1.807, 2.05) is 0 Å². The van der Waals surface area contributed by atoms with Gasteiger partial charge >= 0.3 is 0 Å². The molecular formula is C16H13ClNO4-. The largest absolute Gasteiger partial charge is 0.545 e. The quantitative estimate of drug-likeness (QED) is 0.915. The molecule has 0 bridgehead atoms. The summed E-state index contributed by atoms with van der Waals surface area (Å²) < 4.78 is 5.32. The molecule has 0 radical (unpaired) electrons. The first-order valence-electron chi connectivity index (χ1n) is 6.47. The first-order chi connectivity index (χ1) is 10.5. The van der Waals surface area contributed by atoms with Crippen molar-refractivity contribution < 1.29 is 19.4 Å². The van der Waals surface area contributed by atoms with Gasteiger partial charge in [-0.15, -0.1) is 0 Å². The predicted octanol–water partition coefficient (Wildman–Crippen LogP) is 2.03. The van der Waals surface area contributed by atoms with Crippen molar-refractivity contribution >= 4 is 29.2 Å². The molecule has 0 spiro atoms. The lowest BCUT2D eigenvalue weighted by molar-refractivity contribution is -0.255. The van der Waals surface area contributed by atoms with E-state index >= 15 is 0 Å². The predicted molar refractivity (Wildman–Crippen MR) is 81.1 cm³/mol. The molecule has 0 aliphatic rings. The molecule has 22 heavy (non-hydrogen) atoms. The van der Waals surface area contributed by atoms with Gasteiger partial charge in [-0.05, 0) is 30.7 Å². The number of carbonyl (C=O) groups is 2. The van der Waals surface area contributed by atoms with Gasteiger partial charge in [-0.1, -0.05) is 35.9 Å². The number of hydrogen-bond acceptors (Lipinski definition) is 4. The Morgan fingerprint density at radius 3 is 2.59 bits per heavy atom. The Morgan fingerprint density at radius 1 is 1.18 bits per heavy atom. The Bertz CT molecular complexity index is 715. The number of halogens is 1. The molecule has 5 nitrogen and oxygen atoms in total. The Labute approximate surface area is 132 Å². The Hall–Kier alpha value is -2.53. The van der Waals surface area contributed by atoms with Crippen LogP contribution in [0, 0.1) is 6.92 Å². The number of nitrogens with one attached hydrogen (secondary N) is 1. The number of rotatable bonds is 5. The van der Waals surface area contributed by atoms with E-state index in [1.165, 1.54) is 12.1 Å².